The summed E-state index contributed by atoms with van der Waals surface area (Å²) in [5.74, 6) is 0.109. The molecule has 9 nitrogen and oxygen atoms in total. The number of thiophene rings is 1. The summed E-state index contributed by atoms with van der Waals surface area (Å²) in [4.78, 5) is 44.0. The molecule has 1 N–H and O–H groups in total. The van der Waals surface area contributed by atoms with Crippen LogP contribution in [0.3, 0.4) is 0 Å². The topological polar surface area (TPSA) is 94.2 Å². The fourth-order valence-electron chi connectivity index (χ4n) is 3.45. The summed E-state index contributed by atoms with van der Waals surface area (Å²) in [6.07, 6.45) is 0. The Bertz CT molecular complexity index is 1380. The van der Waals surface area contributed by atoms with Gasteiger partial charge in [0.1, 0.15) is 6.54 Å². The zero-order chi connectivity index (χ0) is 22.3. The molecule has 3 aromatic heterocycles. The summed E-state index contributed by atoms with van der Waals surface area (Å²) in [6, 6.07) is 9.61. The van der Waals surface area contributed by atoms with Crippen molar-refractivity contribution in [3.05, 3.63) is 61.9 Å². The first-order valence-corrected chi connectivity index (χ1v) is 10.5. The molecule has 0 atom stereocenters. The van der Waals surface area contributed by atoms with Crippen molar-refractivity contribution in [3.63, 3.8) is 0 Å². The number of nitrogens with one attached hydrogen (secondary N) is 1. The van der Waals surface area contributed by atoms with Crippen LogP contribution in [0.2, 0.25) is 0 Å². The van der Waals surface area contributed by atoms with Crippen molar-refractivity contribution >= 4 is 40.0 Å². The van der Waals surface area contributed by atoms with E-state index in [9.17, 15) is 14.4 Å². The number of anilines is 2. The normalized spacial score (nSPS) is 11.1. The lowest BCUT2D eigenvalue weighted by Crippen LogP contribution is -2.38. The number of benzene rings is 1. The summed E-state index contributed by atoms with van der Waals surface area (Å²) in [5.41, 5.74) is 2.33. The minimum Gasteiger partial charge on any atom is -0.348 e. The third-order valence-corrected chi connectivity index (χ3v) is 5.74. The van der Waals surface area contributed by atoms with Crippen LogP contribution in [0.25, 0.3) is 22.3 Å². The number of fused-ring (bicyclic) bond motifs is 1. The van der Waals surface area contributed by atoms with Crippen LogP contribution in [0.5, 0.6) is 0 Å². The number of amides is 1. The maximum absolute atomic E-state index is 12.8. The quantitative estimate of drug-likeness (QED) is 0.513. The number of carbonyl (C=O) groups excluding carboxylic acids is 1. The second kappa shape index (κ2) is 7.88. The van der Waals surface area contributed by atoms with Crippen LogP contribution in [0.4, 0.5) is 11.6 Å². The van der Waals surface area contributed by atoms with Crippen molar-refractivity contribution in [2.45, 2.75) is 6.54 Å². The number of aromatic nitrogens is 4. The predicted octanol–water partition coefficient (Wildman–Crippen LogP) is 1.87. The van der Waals surface area contributed by atoms with Crippen LogP contribution in [0.1, 0.15) is 0 Å². The van der Waals surface area contributed by atoms with Gasteiger partial charge in [0.15, 0.2) is 11.2 Å². The monoisotopic (exact) mass is 438 g/mol. The molecule has 0 aliphatic heterocycles. The first-order valence-electron chi connectivity index (χ1n) is 9.54. The van der Waals surface area contributed by atoms with Gasteiger partial charge in [-0.1, -0.05) is 12.1 Å². The zero-order valence-corrected chi connectivity index (χ0v) is 18.4. The first-order chi connectivity index (χ1) is 14.8. The molecule has 4 rings (SSSR count). The van der Waals surface area contributed by atoms with Gasteiger partial charge in [0, 0.05) is 33.9 Å². The second-order valence-corrected chi connectivity index (χ2v) is 8.19. The standard InChI is InChI=1S/C21H22N6O3S/c1-24(2)20-23-18-17(19(29)26(4)21(30)25(18)3)27(20)11-16(28)22-15-7-5-13(6-8-15)14-9-10-31-12-14/h5-10,12H,11H2,1-4H3,(H,22,28). The molecule has 31 heavy (non-hydrogen) atoms. The third-order valence-electron chi connectivity index (χ3n) is 5.05. The Hall–Kier alpha value is -3.66. The van der Waals surface area contributed by atoms with E-state index >= 15 is 0 Å². The number of hydrogen-bond acceptors (Lipinski definition) is 6. The molecule has 0 saturated carbocycles. The van der Waals surface area contributed by atoms with E-state index < -0.39 is 11.2 Å². The molecule has 3 heterocycles. The Kier molecular flexibility index (Phi) is 5.24. The van der Waals surface area contributed by atoms with Crippen LogP contribution in [0, 0.1) is 0 Å². The van der Waals surface area contributed by atoms with Gasteiger partial charge in [0.2, 0.25) is 11.9 Å². The molecule has 160 valence electrons. The Balaban J connectivity index is 1.66. The summed E-state index contributed by atoms with van der Waals surface area (Å²) in [6.45, 7) is -0.121. The van der Waals surface area contributed by atoms with Gasteiger partial charge in [-0.15, -0.1) is 0 Å². The summed E-state index contributed by atoms with van der Waals surface area (Å²) >= 11 is 1.63. The molecule has 0 unspecified atom stereocenters. The number of nitrogens with zero attached hydrogens (tertiary/aromatic N) is 5. The van der Waals surface area contributed by atoms with E-state index in [1.807, 2.05) is 35.7 Å². The Labute approximate surface area is 181 Å². The molecule has 1 amide bonds. The molecule has 0 radical (unpaired) electrons. The zero-order valence-electron chi connectivity index (χ0n) is 17.6. The molecule has 0 spiro atoms. The highest BCUT2D eigenvalue weighted by Gasteiger charge is 2.21. The van der Waals surface area contributed by atoms with Gasteiger partial charge in [-0.2, -0.15) is 16.3 Å². The number of hydrogen-bond donors (Lipinski definition) is 1. The van der Waals surface area contributed by atoms with Crippen molar-refractivity contribution in [1.82, 2.24) is 18.7 Å². The van der Waals surface area contributed by atoms with E-state index in [1.165, 1.54) is 16.2 Å². The minimum atomic E-state index is -0.494. The van der Waals surface area contributed by atoms with Gasteiger partial charge in [-0.3, -0.25) is 23.3 Å². The van der Waals surface area contributed by atoms with E-state index in [-0.39, 0.29) is 23.6 Å². The number of imidazole rings is 1. The summed E-state index contributed by atoms with van der Waals surface area (Å²) in [7, 11) is 6.49. The Morgan fingerprint density at radius 3 is 2.39 bits per heavy atom. The van der Waals surface area contributed by atoms with Crippen molar-refractivity contribution in [3.8, 4) is 11.1 Å². The molecule has 10 heteroatoms. The summed E-state index contributed by atoms with van der Waals surface area (Å²) in [5, 5.41) is 6.94. The highest BCUT2D eigenvalue weighted by Crippen LogP contribution is 2.24. The minimum absolute atomic E-state index is 0.121. The van der Waals surface area contributed by atoms with Gasteiger partial charge in [-0.05, 0) is 40.1 Å². The van der Waals surface area contributed by atoms with Crippen molar-refractivity contribution in [2.24, 2.45) is 14.1 Å². The average Bonchev–Trinajstić information content (AvgIpc) is 3.40. The highest BCUT2D eigenvalue weighted by molar-refractivity contribution is 7.08. The van der Waals surface area contributed by atoms with E-state index in [4.69, 9.17) is 0 Å². The molecule has 0 fully saturated rings. The SMILES string of the molecule is CN(C)c1nc2c(c(=O)n(C)c(=O)n2C)n1CC(=O)Nc1ccc(-c2ccsc2)cc1. The van der Waals surface area contributed by atoms with Gasteiger partial charge in [0.25, 0.3) is 5.56 Å². The fraction of sp³-hybridized carbons (Fsp3) is 0.238. The lowest BCUT2D eigenvalue weighted by molar-refractivity contribution is -0.116. The summed E-state index contributed by atoms with van der Waals surface area (Å²) < 4.78 is 3.86. The van der Waals surface area contributed by atoms with Crippen molar-refractivity contribution in [1.29, 1.82) is 0 Å². The van der Waals surface area contributed by atoms with E-state index in [0.29, 0.717) is 11.6 Å². The molecular weight excluding hydrogens is 416 g/mol. The lowest BCUT2D eigenvalue weighted by atomic mass is 10.1. The first kappa shape index (κ1) is 20.6. The van der Waals surface area contributed by atoms with Crippen molar-refractivity contribution < 1.29 is 4.79 Å². The number of rotatable bonds is 5. The molecule has 0 saturated heterocycles. The van der Waals surface area contributed by atoms with Crippen LogP contribution < -0.4 is 21.5 Å². The van der Waals surface area contributed by atoms with Crippen molar-refractivity contribution in [2.75, 3.05) is 24.3 Å². The number of aryl methyl sites for hydroxylation is 1. The van der Waals surface area contributed by atoms with Gasteiger partial charge in [-0.25, -0.2) is 4.79 Å². The third kappa shape index (κ3) is 3.66. The molecular formula is C21H22N6O3S. The molecule has 1 aromatic carbocycles. The Morgan fingerprint density at radius 1 is 1.06 bits per heavy atom. The van der Waals surface area contributed by atoms with Gasteiger partial charge >= 0.3 is 5.69 Å². The van der Waals surface area contributed by atoms with Crippen LogP contribution in [-0.4, -0.2) is 38.7 Å². The van der Waals surface area contributed by atoms with E-state index in [1.54, 1.807) is 37.4 Å². The highest BCUT2D eigenvalue weighted by atomic mass is 32.1. The molecule has 0 aliphatic carbocycles. The second-order valence-electron chi connectivity index (χ2n) is 7.41. The van der Waals surface area contributed by atoms with Gasteiger partial charge < -0.3 is 10.2 Å². The van der Waals surface area contributed by atoms with Crippen LogP contribution in [0.15, 0.2) is 50.7 Å². The molecule has 4 aromatic rings. The van der Waals surface area contributed by atoms with E-state index in [2.05, 4.69) is 15.7 Å². The van der Waals surface area contributed by atoms with E-state index in [0.717, 1.165) is 15.7 Å². The smallest absolute Gasteiger partial charge is 0.332 e. The molecule has 0 aliphatic rings. The average molecular weight is 439 g/mol. The largest absolute Gasteiger partial charge is 0.348 e. The van der Waals surface area contributed by atoms with Gasteiger partial charge in [0.05, 0.1) is 0 Å². The predicted molar refractivity (Wildman–Crippen MR) is 123 cm³/mol. The van der Waals surface area contributed by atoms with Crippen LogP contribution >= 0.6 is 11.3 Å². The molecule has 0 bridgehead atoms. The maximum atomic E-state index is 12.8. The number of carbonyl (C=O) groups is 1. The fourth-order valence-corrected chi connectivity index (χ4v) is 4.11. The van der Waals surface area contributed by atoms with Crippen LogP contribution in [-0.2, 0) is 25.4 Å². The Morgan fingerprint density at radius 2 is 1.77 bits per heavy atom. The lowest BCUT2D eigenvalue weighted by Gasteiger charge is -2.14. The maximum Gasteiger partial charge on any atom is 0.332 e.